The molecule has 3 aliphatic rings. The normalized spacial score (nSPS) is 23.1. The summed E-state index contributed by atoms with van der Waals surface area (Å²) in [6.07, 6.45) is -13.3. The van der Waals surface area contributed by atoms with Crippen molar-refractivity contribution in [3.05, 3.63) is 190 Å². The highest BCUT2D eigenvalue weighted by Gasteiger charge is 2.56. The summed E-state index contributed by atoms with van der Waals surface area (Å²) in [6.45, 7) is 5.41. The number of Topliss-reactive ketones (excluding diaryl/α,β-unsaturated/α-hetero) is 2. The van der Waals surface area contributed by atoms with Crippen LogP contribution in [0.2, 0.25) is 0 Å². The molecule has 2 fully saturated rings. The molecule has 1 aliphatic carbocycles. The lowest BCUT2D eigenvalue weighted by Crippen LogP contribution is -2.66. The molecule has 8 rings (SSSR count). The molecule has 19 heteroatoms. The van der Waals surface area contributed by atoms with Gasteiger partial charge in [0.2, 0.25) is 0 Å². The van der Waals surface area contributed by atoms with E-state index in [0.717, 1.165) is 33.4 Å². The molecule has 0 unspecified atom stereocenters. The van der Waals surface area contributed by atoms with Gasteiger partial charge in [0, 0.05) is 23.7 Å². The Bertz CT molecular complexity index is 2860. The van der Waals surface area contributed by atoms with Crippen LogP contribution in [0.15, 0.2) is 157 Å². The number of carbonyl (C=O) groups excluding carboxylic acids is 5. The molecule has 2 aliphatic heterocycles. The van der Waals surface area contributed by atoms with Gasteiger partial charge >= 0.3 is 18.1 Å². The topological polar surface area (TPSA) is 236 Å². The van der Waals surface area contributed by atoms with Crippen molar-refractivity contribution in [2.45, 2.75) is 127 Å². The SMILES string of the molecule is C=CCO[C@@H]1O[C@H](COC(=O)CCC(C)=O)[C@@H](O[C@@H]2O[C@@H](COCc3ccccc3)[C@@H](OC(=O)OCC3c4ccccc4-c4ccccc43)[C@H](OCc3ccccc3)[C@H]2OC(=O)CCC(C)=O)[C@H](OCc2ccccc2)[C@H]1N=[N+]=[N-]. The third-order valence-corrected chi connectivity index (χ3v) is 13.6. The molecule has 0 aromatic heterocycles. The maximum atomic E-state index is 14.4. The van der Waals surface area contributed by atoms with Gasteiger partial charge in [-0.15, -0.1) is 6.58 Å². The predicted molar refractivity (Wildman–Crippen MR) is 288 cm³/mol. The van der Waals surface area contributed by atoms with Gasteiger partial charge in [-0.1, -0.05) is 151 Å². The van der Waals surface area contributed by atoms with Crippen molar-refractivity contribution >= 4 is 29.7 Å². The second-order valence-electron chi connectivity index (χ2n) is 19.4. The molecule has 5 aromatic rings. The predicted octanol–water partition coefficient (Wildman–Crippen LogP) is 9.62. The Hall–Kier alpha value is -7.58. The Labute approximate surface area is 463 Å². The maximum absolute atomic E-state index is 14.4. The zero-order valence-corrected chi connectivity index (χ0v) is 44.6. The smallest absolute Gasteiger partial charge is 0.463 e. The molecular weight excluding hydrogens is 1030 g/mol. The van der Waals surface area contributed by atoms with Crippen molar-refractivity contribution < 1.29 is 76.1 Å². The van der Waals surface area contributed by atoms with E-state index in [-0.39, 0.29) is 82.8 Å². The molecule has 0 bridgehead atoms. The van der Waals surface area contributed by atoms with E-state index in [4.69, 9.17) is 52.1 Å². The third-order valence-electron chi connectivity index (χ3n) is 13.6. The number of ether oxygens (including phenoxy) is 11. The average molecular weight is 1100 g/mol. The second kappa shape index (κ2) is 29.6. The standard InChI is InChI=1S/C61H65N3O16/c1-4-32-71-59-53(63-64-62)56(73-34-42-20-10-6-11-21-42)54(50(76-59)38-72-51(67)30-28-39(2)65)79-60-58(78-52(68)31-29-40(3)66)57(74-35-43-22-12-7-13-23-43)55(49(77-60)37-70-33-41-18-8-5-9-19-41)80-61(69)75-36-48-46-26-16-14-24-44(46)45-25-15-17-27-47(45)48/h4-27,48-50,53-60H,1,28-38H2,2-3H3/t49-,50+,53+,54+,55+,56+,57-,58+,59+,60-/m0/s1. The van der Waals surface area contributed by atoms with Gasteiger partial charge in [-0.05, 0) is 58.3 Å². The summed E-state index contributed by atoms with van der Waals surface area (Å²) in [4.78, 5) is 69.1. The first-order valence-electron chi connectivity index (χ1n) is 26.5. The lowest BCUT2D eigenvalue weighted by atomic mass is 9.95. The number of rotatable bonds is 28. The molecule has 0 spiro atoms. The summed E-state index contributed by atoms with van der Waals surface area (Å²) < 4.78 is 70.5. The van der Waals surface area contributed by atoms with E-state index < -0.39 is 86.1 Å². The minimum Gasteiger partial charge on any atom is -0.463 e. The Kier molecular flexibility index (Phi) is 21.7. The van der Waals surface area contributed by atoms with Crippen LogP contribution < -0.4 is 0 Å². The zero-order valence-electron chi connectivity index (χ0n) is 44.6. The number of benzene rings is 5. The van der Waals surface area contributed by atoms with Crippen LogP contribution in [0.25, 0.3) is 21.6 Å². The van der Waals surface area contributed by atoms with Crippen molar-refractivity contribution in [3.63, 3.8) is 0 Å². The van der Waals surface area contributed by atoms with Crippen molar-refractivity contribution in [2.24, 2.45) is 5.11 Å². The second-order valence-corrected chi connectivity index (χ2v) is 19.4. The molecule has 2 heterocycles. The van der Waals surface area contributed by atoms with E-state index in [1.54, 1.807) is 0 Å². The zero-order chi connectivity index (χ0) is 56.2. The van der Waals surface area contributed by atoms with Crippen molar-refractivity contribution in [1.29, 1.82) is 0 Å². The van der Waals surface area contributed by atoms with Gasteiger partial charge < -0.3 is 61.7 Å². The molecule has 0 N–H and O–H groups in total. The number of azide groups is 1. The van der Waals surface area contributed by atoms with Gasteiger partial charge in [0.1, 0.15) is 61.3 Å². The van der Waals surface area contributed by atoms with Crippen LogP contribution >= 0.6 is 0 Å². The third kappa shape index (κ3) is 16.0. The van der Waals surface area contributed by atoms with Crippen molar-refractivity contribution in [1.82, 2.24) is 0 Å². The van der Waals surface area contributed by atoms with E-state index in [1.165, 1.54) is 19.9 Å². The van der Waals surface area contributed by atoms with Crippen LogP contribution in [0.3, 0.4) is 0 Å². The van der Waals surface area contributed by atoms with E-state index in [9.17, 15) is 29.5 Å². The number of hydrogen-bond acceptors (Lipinski definition) is 17. The highest BCUT2D eigenvalue weighted by Crippen LogP contribution is 2.45. The Balaban J connectivity index is 1.19. The summed E-state index contributed by atoms with van der Waals surface area (Å²) in [6, 6.07) is 42.0. The van der Waals surface area contributed by atoms with E-state index in [1.807, 2.05) is 140 Å². The largest absolute Gasteiger partial charge is 0.508 e. The number of carbonyl (C=O) groups is 5. The van der Waals surface area contributed by atoms with Crippen LogP contribution in [0, 0.1) is 0 Å². The molecule has 0 radical (unpaired) electrons. The molecule has 5 aromatic carbocycles. The molecular formula is C61H65N3O16. The van der Waals surface area contributed by atoms with Crippen molar-refractivity contribution in [2.75, 3.05) is 26.4 Å². The quantitative estimate of drug-likeness (QED) is 0.0113. The maximum Gasteiger partial charge on any atom is 0.508 e. The van der Waals surface area contributed by atoms with Crippen molar-refractivity contribution in [3.8, 4) is 11.1 Å². The highest BCUT2D eigenvalue weighted by molar-refractivity contribution is 5.82. The van der Waals surface area contributed by atoms with Crippen LogP contribution in [-0.2, 0) is 91.1 Å². The Morgan fingerprint density at radius 3 is 1.65 bits per heavy atom. The van der Waals surface area contributed by atoms with E-state index in [2.05, 4.69) is 16.6 Å². The molecule has 10 atom stereocenters. The van der Waals surface area contributed by atoms with Crippen LogP contribution in [-0.4, -0.2) is 117 Å². The molecule has 19 nitrogen and oxygen atoms in total. The van der Waals surface area contributed by atoms with Crippen LogP contribution in [0.5, 0.6) is 0 Å². The Morgan fingerprint density at radius 1 is 0.550 bits per heavy atom. The average Bonchev–Trinajstić information content (AvgIpc) is 3.86. The fraction of sp³-hybridized carbons (Fsp3) is 0.393. The van der Waals surface area contributed by atoms with Crippen LogP contribution in [0.1, 0.15) is 73.3 Å². The molecule has 2 saturated heterocycles. The lowest BCUT2D eigenvalue weighted by Gasteiger charge is -2.49. The number of hydrogen-bond donors (Lipinski definition) is 0. The summed E-state index contributed by atoms with van der Waals surface area (Å²) in [5.74, 6) is -2.42. The summed E-state index contributed by atoms with van der Waals surface area (Å²) >= 11 is 0. The van der Waals surface area contributed by atoms with Gasteiger partial charge in [0.25, 0.3) is 0 Å². The fourth-order valence-electron chi connectivity index (χ4n) is 9.75. The molecule has 80 heavy (non-hydrogen) atoms. The number of ketones is 2. The first kappa shape index (κ1) is 58.6. The fourth-order valence-corrected chi connectivity index (χ4v) is 9.75. The highest BCUT2D eigenvalue weighted by atomic mass is 16.8. The van der Waals surface area contributed by atoms with Gasteiger partial charge in [-0.25, -0.2) is 4.79 Å². The van der Waals surface area contributed by atoms with E-state index >= 15 is 0 Å². The minimum atomic E-state index is -1.70. The minimum absolute atomic E-state index is 0.0636. The van der Waals surface area contributed by atoms with Gasteiger partial charge in [0.15, 0.2) is 24.8 Å². The molecule has 0 amide bonds. The van der Waals surface area contributed by atoms with Crippen LogP contribution in [0.4, 0.5) is 4.79 Å². The van der Waals surface area contributed by atoms with Gasteiger partial charge in [-0.3, -0.25) is 9.59 Å². The molecule has 0 saturated carbocycles. The summed E-state index contributed by atoms with van der Waals surface area (Å²) in [5.41, 5.74) is 16.3. The molecule has 420 valence electrons. The summed E-state index contributed by atoms with van der Waals surface area (Å²) in [5, 5.41) is 4.09. The van der Waals surface area contributed by atoms with Gasteiger partial charge in [0.05, 0.1) is 45.9 Å². The number of esters is 2. The first-order chi connectivity index (χ1) is 39.0. The van der Waals surface area contributed by atoms with Gasteiger partial charge in [-0.2, -0.15) is 0 Å². The first-order valence-corrected chi connectivity index (χ1v) is 26.5. The van der Waals surface area contributed by atoms with E-state index in [0.29, 0.717) is 5.56 Å². The monoisotopic (exact) mass is 1100 g/mol. The lowest BCUT2D eigenvalue weighted by molar-refractivity contribution is -0.355. The number of fused-ring (bicyclic) bond motifs is 3. The summed E-state index contributed by atoms with van der Waals surface area (Å²) in [7, 11) is 0. The number of nitrogens with zero attached hydrogens (tertiary/aromatic N) is 3. The Morgan fingerprint density at radius 2 is 1.07 bits per heavy atom.